The summed E-state index contributed by atoms with van der Waals surface area (Å²) in [7, 11) is 3.18. The lowest BCUT2D eigenvalue weighted by atomic mass is 10.1. The molecule has 1 aromatic carbocycles. The number of methoxy groups -OCH3 is 2. The van der Waals surface area contributed by atoms with E-state index in [1.165, 1.54) is 13.1 Å². The standard InChI is InChI=1S/C12H16N2O3/c1-8-11(16-3)6-5-10(12(8)17-4)7-13-14-9(2)15/h5-7H,1-4H3,(H,14,15)/b13-7-. The van der Waals surface area contributed by atoms with Crippen molar-refractivity contribution in [3.05, 3.63) is 23.3 Å². The van der Waals surface area contributed by atoms with E-state index in [0.717, 1.165) is 16.9 Å². The van der Waals surface area contributed by atoms with Crippen LogP contribution < -0.4 is 14.9 Å². The van der Waals surface area contributed by atoms with Crippen LogP contribution in [0.5, 0.6) is 11.5 Å². The van der Waals surface area contributed by atoms with Crippen LogP contribution in [0.3, 0.4) is 0 Å². The summed E-state index contributed by atoms with van der Waals surface area (Å²) in [5.74, 6) is 1.21. The zero-order valence-corrected chi connectivity index (χ0v) is 10.4. The average molecular weight is 236 g/mol. The van der Waals surface area contributed by atoms with Gasteiger partial charge in [0, 0.05) is 18.1 Å². The SMILES string of the molecule is COc1ccc(/C=N\NC(C)=O)c(OC)c1C. The fourth-order valence-corrected chi connectivity index (χ4v) is 1.48. The Balaban J connectivity index is 3.04. The Hall–Kier alpha value is -2.04. The average Bonchev–Trinajstić information content (AvgIpc) is 2.29. The summed E-state index contributed by atoms with van der Waals surface area (Å²) in [6.45, 7) is 3.29. The van der Waals surface area contributed by atoms with Crippen molar-refractivity contribution in [1.82, 2.24) is 5.43 Å². The van der Waals surface area contributed by atoms with E-state index in [0.29, 0.717) is 5.75 Å². The van der Waals surface area contributed by atoms with Crippen LogP contribution in [0.2, 0.25) is 0 Å². The van der Waals surface area contributed by atoms with E-state index in [9.17, 15) is 4.79 Å². The Morgan fingerprint density at radius 3 is 2.59 bits per heavy atom. The summed E-state index contributed by atoms with van der Waals surface area (Å²) < 4.78 is 10.5. The van der Waals surface area contributed by atoms with Crippen molar-refractivity contribution < 1.29 is 14.3 Å². The van der Waals surface area contributed by atoms with Gasteiger partial charge >= 0.3 is 0 Å². The first-order valence-electron chi connectivity index (χ1n) is 5.11. The largest absolute Gasteiger partial charge is 0.496 e. The first-order chi connectivity index (χ1) is 8.10. The Labute approximate surface area is 100 Å². The molecule has 1 N–H and O–H groups in total. The third-order valence-electron chi connectivity index (χ3n) is 2.24. The molecule has 92 valence electrons. The van der Waals surface area contributed by atoms with Crippen LogP contribution in [-0.4, -0.2) is 26.3 Å². The lowest BCUT2D eigenvalue weighted by Crippen LogP contribution is -2.12. The van der Waals surface area contributed by atoms with Gasteiger partial charge in [0.25, 0.3) is 0 Å². The molecule has 0 fully saturated rings. The van der Waals surface area contributed by atoms with Gasteiger partial charge in [0.1, 0.15) is 11.5 Å². The molecule has 0 aliphatic carbocycles. The first kappa shape index (κ1) is 13.0. The molecule has 0 aliphatic rings. The number of carbonyl (C=O) groups excluding carboxylic acids is 1. The van der Waals surface area contributed by atoms with Gasteiger partial charge in [-0.15, -0.1) is 0 Å². The second kappa shape index (κ2) is 5.89. The molecule has 0 spiro atoms. The molecule has 0 aliphatic heterocycles. The van der Waals surface area contributed by atoms with E-state index in [1.807, 2.05) is 19.1 Å². The fourth-order valence-electron chi connectivity index (χ4n) is 1.48. The fraction of sp³-hybridized carbons (Fsp3) is 0.333. The number of carbonyl (C=O) groups is 1. The van der Waals surface area contributed by atoms with Gasteiger partial charge in [0.05, 0.1) is 20.4 Å². The molecule has 1 amide bonds. The van der Waals surface area contributed by atoms with E-state index >= 15 is 0 Å². The predicted molar refractivity (Wildman–Crippen MR) is 65.7 cm³/mol. The molecule has 1 rings (SSSR count). The summed E-state index contributed by atoms with van der Waals surface area (Å²) in [4.78, 5) is 10.7. The van der Waals surface area contributed by atoms with Crippen LogP contribution in [0.25, 0.3) is 0 Å². The zero-order chi connectivity index (χ0) is 12.8. The molecule has 0 heterocycles. The summed E-state index contributed by atoms with van der Waals surface area (Å²) in [6, 6.07) is 3.64. The van der Waals surface area contributed by atoms with Gasteiger partial charge in [-0.2, -0.15) is 5.10 Å². The zero-order valence-electron chi connectivity index (χ0n) is 10.4. The van der Waals surface area contributed by atoms with Gasteiger partial charge in [0.15, 0.2) is 0 Å². The van der Waals surface area contributed by atoms with Crippen molar-refractivity contribution in [2.24, 2.45) is 5.10 Å². The Morgan fingerprint density at radius 1 is 1.35 bits per heavy atom. The highest BCUT2D eigenvalue weighted by Crippen LogP contribution is 2.30. The first-order valence-corrected chi connectivity index (χ1v) is 5.11. The van der Waals surface area contributed by atoms with Gasteiger partial charge in [-0.05, 0) is 19.1 Å². The highest BCUT2D eigenvalue weighted by atomic mass is 16.5. The third kappa shape index (κ3) is 3.21. The van der Waals surface area contributed by atoms with Gasteiger partial charge < -0.3 is 9.47 Å². The normalized spacial score (nSPS) is 10.4. The number of rotatable bonds is 4. The molecule has 0 unspecified atom stereocenters. The lowest BCUT2D eigenvalue weighted by molar-refractivity contribution is -0.118. The van der Waals surface area contributed by atoms with Crippen LogP contribution >= 0.6 is 0 Å². The molecule has 17 heavy (non-hydrogen) atoms. The smallest absolute Gasteiger partial charge is 0.236 e. The predicted octanol–water partition coefficient (Wildman–Crippen LogP) is 1.48. The molecule has 0 radical (unpaired) electrons. The molecule has 0 bridgehead atoms. The Bertz CT molecular complexity index is 442. The van der Waals surface area contributed by atoms with Crippen molar-refractivity contribution >= 4 is 12.1 Å². The second-order valence-electron chi connectivity index (χ2n) is 3.44. The number of ether oxygens (including phenoxy) is 2. The van der Waals surface area contributed by atoms with Gasteiger partial charge in [-0.25, -0.2) is 5.43 Å². The number of amides is 1. The summed E-state index contributed by atoms with van der Waals surface area (Å²) >= 11 is 0. The van der Waals surface area contributed by atoms with Gasteiger partial charge in [0.2, 0.25) is 5.91 Å². The highest BCUT2D eigenvalue weighted by Gasteiger charge is 2.09. The molecule has 0 aromatic heterocycles. The summed E-state index contributed by atoms with van der Waals surface area (Å²) in [5, 5.41) is 3.80. The van der Waals surface area contributed by atoms with Gasteiger partial charge in [-0.1, -0.05) is 0 Å². The minimum atomic E-state index is -0.217. The molecular weight excluding hydrogens is 220 g/mol. The minimum Gasteiger partial charge on any atom is -0.496 e. The van der Waals surface area contributed by atoms with Crippen molar-refractivity contribution in [2.75, 3.05) is 14.2 Å². The molecular formula is C12H16N2O3. The number of nitrogens with one attached hydrogen (secondary N) is 1. The maximum atomic E-state index is 10.7. The van der Waals surface area contributed by atoms with Crippen molar-refractivity contribution in [3.63, 3.8) is 0 Å². The van der Waals surface area contributed by atoms with Crippen LogP contribution in [0.4, 0.5) is 0 Å². The van der Waals surface area contributed by atoms with E-state index < -0.39 is 0 Å². The molecule has 5 heteroatoms. The van der Waals surface area contributed by atoms with Crippen molar-refractivity contribution in [3.8, 4) is 11.5 Å². The van der Waals surface area contributed by atoms with Crippen LogP contribution in [0, 0.1) is 6.92 Å². The van der Waals surface area contributed by atoms with E-state index in [-0.39, 0.29) is 5.91 Å². The minimum absolute atomic E-state index is 0.217. The Morgan fingerprint density at radius 2 is 2.06 bits per heavy atom. The van der Waals surface area contributed by atoms with Crippen LogP contribution in [-0.2, 0) is 4.79 Å². The summed E-state index contributed by atoms with van der Waals surface area (Å²) in [6.07, 6.45) is 1.53. The van der Waals surface area contributed by atoms with Crippen molar-refractivity contribution in [1.29, 1.82) is 0 Å². The number of benzene rings is 1. The van der Waals surface area contributed by atoms with E-state index in [2.05, 4.69) is 10.5 Å². The highest BCUT2D eigenvalue weighted by molar-refractivity contribution is 5.86. The van der Waals surface area contributed by atoms with E-state index in [4.69, 9.17) is 9.47 Å². The maximum absolute atomic E-state index is 10.7. The third-order valence-corrected chi connectivity index (χ3v) is 2.24. The molecule has 1 aromatic rings. The maximum Gasteiger partial charge on any atom is 0.236 e. The van der Waals surface area contributed by atoms with Crippen molar-refractivity contribution in [2.45, 2.75) is 13.8 Å². The molecule has 0 saturated carbocycles. The summed E-state index contributed by atoms with van der Waals surface area (Å²) in [5.41, 5.74) is 4.00. The number of hydrogen-bond donors (Lipinski definition) is 1. The molecule has 0 atom stereocenters. The molecule has 5 nitrogen and oxygen atoms in total. The van der Waals surface area contributed by atoms with Crippen LogP contribution in [0.15, 0.2) is 17.2 Å². The number of nitrogens with zero attached hydrogens (tertiary/aromatic N) is 1. The monoisotopic (exact) mass is 236 g/mol. The quantitative estimate of drug-likeness (QED) is 0.636. The topological polar surface area (TPSA) is 59.9 Å². The van der Waals surface area contributed by atoms with E-state index in [1.54, 1.807) is 14.2 Å². The Kier molecular flexibility index (Phi) is 4.51. The molecule has 0 saturated heterocycles. The second-order valence-corrected chi connectivity index (χ2v) is 3.44. The lowest BCUT2D eigenvalue weighted by Gasteiger charge is -2.11. The number of hydrogen-bond acceptors (Lipinski definition) is 4. The number of hydrazone groups is 1. The van der Waals surface area contributed by atoms with Crippen LogP contribution in [0.1, 0.15) is 18.1 Å². The van der Waals surface area contributed by atoms with Gasteiger partial charge in [-0.3, -0.25) is 4.79 Å².